The maximum Gasteiger partial charge on any atom is 0.293 e. The van der Waals surface area contributed by atoms with E-state index in [-0.39, 0.29) is 24.0 Å². The summed E-state index contributed by atoms with van der Waals surface area (Å²) in [5.41, 5.74) is 2.01. The van der Waals surface area contributed by atoms with E-state index in [4.69, 9.17) is 4.42 Å². The molecular weight excluding hydrogens is 400 g/mol. The molecule has 0 unspecified atom stereocenters. The van der Waals surface area contributed by atoms with E-state index >= 15 is 0 Å². The van der Waals surface area contributed by atoms with Gasteiger partial charge in [-0.1, -0.05) is 30.3 Å². The van der Waals surface area contributed by atoms with E-state index in [1.807, 2.05) is 16.3 Å². The van der Waals surface area contributed by atoms with Crippen LogP contribution in [0.1, 0.15) is 21.8 Å². The van der Waals surface area contributed by atoms with Crippen LogP contribution < -0.4 is 5.32 Å². The first-order chi connectivity index (χ1) is 14.7. The average molecular weight is 425 g/mol. The number of rotatable bonds is 7. The first-order valence-corrected chi connectivity index (χ1v) is 10.9. The van der Waals surface area contributed by atoms with Crippen LogP contribution in [-0.4, -0.2) is 59.3 Å². The second kappa shape index (κ2) is 9.69. The lowest BCUT2D eigenvalue weighted by molar-refractivity contribution is -0.132. The number of nitrogens with one attached hydrogen (secondary N) is 1. The summed E-state index contributed by atoms with van der Waals surface area (Å²) in [5, 5.41) is 4.97. The van der Waals surface area contributed by atoms with Crippen molar-refractivity contribution in [2.24, 2.45) is 0 Å². The molecule has 1 N–H and O–H groups in total. The fourth-order valence-electron chi connectivity index (χ4n) is 3.43. The Bertz CT molecular complexity index is 963. The van der Waals surface area contributed by atoms with Gasteiger partial charge in [-0.2, -0.15) is 0 Å². The Labute approximate surface area is 179 Å². The zero-order valence-corrected chi connectivity index (χ0v) is 17.4. The molecule has 1 aliphatic heterocycles. The molecule has 2 amide bonds. The minimum Gasteiger partial charge on any atom is -0.459 e. The molecule has 7 nitrogen and oxygen atoms in total. The number of aromatic nitrogens is 1. The van der Waals surface area contributed by atoms with Crippen molar-refractivity contribution in [1.82, 2.24) is 14.8 Å². The van der Waals surface area contributed by atoms with E-state index in [9.17, 15) is 9.59 Å². The number of nitrogens with zero attached hydrogens (tertiary/aromatic N) is 3. The third kappa shape index (κ3) is 5.34. The lowest BCUT2D eigenvalue weighted by atomic mass is 10.1. The molecule has 2 aromatic heterocycles. The highest BCUT2D eigenvalue weighted by atomic mass is 32.1. The third-order valence-corrected chi connectivity index (χ3v) is 5.94. The van der Waals surface area contributed by atoms with Crippen LogP contribution in [0.5, 0.6) is 0 Å². The number of hydrogen-bond donors (Lipinski definition) is 1. The lowest BCUT2D eigenvalue weighted by Gasteiger charge is -2.34. The fraction of sp³-hybridized carbons (Fsp3) is 0.318. The Balaban J connectivity index is 1.21. The maximum atomic E-state index is 12.6. The molecule has 1 aliphatic rings. The first-order valence-electron chi connectivity index (χ1n) is 10.0. The van der Waals surface area contributed by atoms with Gasteiger partial charge < -0.3 is 9.32 Å². The van der Waals surface area contributed by atoms with Crippen molar-refractivity contribution < 1.29 is 14.0 Å². The average Bonchev–Trinajstić information content (AvgIpc) is 3.46. The minimum absolute atomic E-state index is 0.0759. The molecule has 0 spiro atoms. The number of amides is 2. The quantitative estimate of drug-likeness (QED) is 0.631. The van der Waals surface area contributed by atoms with Crippen molar-refractivity contribution >= 4 is 28.3 Å². The molecule has 4 rings (SSSR count). The number of furan rings is 1. The van der Waals surface area contributed by atoms with Crippen molar-refractivity contribution in [3.05, 3.63) is 71.1 Å². The van der Waals surface area contributed by atoms with Crippen LogP contribution in [0.2, 0.25) is 0 Å². The lowest BCUT2D eigenvalue weighted by Crippen LogP contribution is -2.49. The van der Waals surface area contributed by atoms with Crippen LogP contribution >= 0.6 is 11.3 Å². The SMILES string of the molecule is O=C(Nc1nc(CC(=O)N2CCN(CCc3ccccc3)CC2)cs1)c1ccco1. The van der Waals surface area contributed by atoms with Gasteiger partial charge >= 0.3 is 0 Å². The Morgan fingerprint density at radius 2 is 1.87 bits per heavy atom. The van der Waals surface area contributed by atoms with Gasteiger partial charge in [0, 0.05) is 38.1 Å². The van der Waals surface area contributed by atoms with Crippen LogP contribution in [0.15, 0.2) is 58.5 Å². The zero-order chi connectivity index (χ0) is 20.8. The van der Waals surface area contributed by atoms with Crippen LogP contribution in [0.4, 0.5) is 5.13 Å². The maximum absolute atomic E-state index is 12.6. The summed E-state index contributed by atoms with van der Waals surface area (Å²) in [4.78, 5) is 33.3. The van der Waals surface area contributed by atoms with Crippen molar-refractivity contribution in [3.63, 3.8) is 0 Å². The molecule has 1 aromatic carbocycles. The minimum atomic E-state index is -0.348. The van der Waals surface area contributed by atoms with Gasteiger partial charge in [0.25, 0.3) is 5.91 Å². The normalized spacial score (nSPS) is 14.6. The molecule has 1 fully saturated rings. The van der Waals surface area contributed by atoms with Crippen LogP contribution in [-0.2, 0) is 17.6 Å². The van der Waals surface area contributed by atoms with Crippen LogP contribution in [0, 0.1) is 0 Å². The van der Waals surface area contributed by atoms with E-state index in [0.29, 0.717) is 10.8 Å². The number of benzene rings is 1. The van der Waals surface area contributed by atoms with Crippen molar-refractivity contribution in [3.8, 4) is 0 Å². The van der Waals surface area contributed by atoms with Crippen molar-refractivity contribution in [1.29, 1.82) is 0 Å². The van der Waals surface area contributed by atoms with Crippen LogP contribution in [0.25, 0.3) is 0 Å². The molecule has 3 aromatic rings. The van der Waals surface area contributed by atoms with Crippen LogP contribution in [0.3, 0.4) is 0 Å². The summed E-state index contributed by atoms with van der Waals surface area (Å²) in [6, 6.07) is 13.7. The molecule has 0 aliphatic carbocycles. The summed E-state index contributed by atoms with van der Waals surface area (Å²) in [5.74, 6) is -0.0428. The first kappa shape index (κ1) is 20.3. The number of carbonyl (C=O) groups is 2. The van der Waals surface area contributed by atoms with E-state index in [0.717, 1.165) is 39.1 Å². The molecule has 0 bridgehead atoms. The Hall–Kier alpha value is -2.97. The number of carbonyl (C=O) groups excluding carboxylic acids is 2. The topological polar surface area (TPSA) is 78.7 Å². The van der Waals surface area contributed by atoms with Gasteiger partial charge in [0.05, 0.1) is 18.4 Å². The molecule has 8 heteroatoms. The highest BCUT2D eigenvalue weighted by molar-refractivity contribution is 7.14. The smallest absolute Gasteiger partial charge is 0.293 e. The fourth-order valence-corrected chi connectivity index (χ4v) is 4.14. The second-order valence-electron chi connectivity index (χ2n) is 7.21. The second-order valence-corrected chi connectivity index (χ2v) is 8.07. The van der Waals surface area contributed by atoms with E-state index in [2.05, 4.69) is 39.5 Å². The monoisotopic (exact) mass is 424 g/mol. The van der Waals surface area contributed by atoms with Crippen molar-refractivity contribution in [2.45, 2.75) is 12.8 Å². The van der Waals surface area contributed by atoms with Gasteiger partial charge in [0.2, 0.25) is 5.91 Å². The van der Waals surface area contributed by atoms with Gasteiger partial charge in [0.1, 0.15) is 0 Å². The summed E-state index contributed by atoms with van der Waals surface area (Å²) < 4.78 is 5.07. The molecule has 1 saturated heterocycles. The number of anilines is 1. The predicted molar refractivity (Wildman–Crippen MR) is 116 cm³/mol. The summed E-state index contributed by atoms with van der Waals surface area (Å²) in [6.45, 7) is 4.26. The summed E-state index contributed by atoms with van der Waals surface area (Å²) >= 11 is 1.30. The molecule has 0 saturated carbocycles. The van der Waals surface area contributed by atoms with Gasteiger partial charge in [-0.05, 0) is 24.1 Å². The van der Waals surface area contributed by atoms with Gasteiger partial charge in [-0.3, -0.25) is 19.8 Å². The highest BCUT2D eigenvalue weighted by Crippen LogP contribution is 2.18. The Kier molecular flexibility index (Phi) is 6.56. The molecule has 0 radical (unpaired) electrons. The molecule has 3 heterocycles. The summed E-state index contributed by atoms with van der Waals surface area (Å²) in [7, 11) is 0. The van der Waals surface area contributed by atoms with Crippen molar-refractivity contribution in [2.75, 3.05) is 38.0 Å². The number of thiazole rings is 1. The largest absolute Gasteiger partial charge is 0.459 e. The third-order valence-electron chi connectivity index (χ3n) is 5.13. The molecule has 0 atom stereocenters. The standard InChI is InChI=1S/C22H24N4O3S/c27-20(15-18-16-30-22(23-18)24-21(28)19-7-4-14-29-19)26-12-10-25(11-13-26)9-8-17-5-2-1-3-6-17/h1-7,14,16H,8-13,15H2,(H,23,24,28). The summed E-state index contributed by atoms with van der Waals surface area (Å²) in [6.07, 6.45) is 2.72. The van der Waals surface area contributed by atoms with E-state index in [1.54, 1.807) is 12.1 Å². The molecular formula is C22H24N4O3S. The van der Waals surface area contributed by atoms with Gasteiger partial charge in [0.15, 0.2) is 10.9 Å². The predicted octanol–water partition coefficient (Wildman–Crippen LogP) is 2.92. The van der Waals surface area contributed by atoms with Gasteiger partial charge in [-0.25, -0.2) is 4.98 Å². The van der Waals surface area contributed by atoms with E-state index < -0.39 is 0 Å². The van der Waals surface area contributed by atoms with Gasteiger partial charge in [-0.15, -0.1) is 11.3 Å². The number of piperazine rings is 1. The Morgan fingerprint density at radius 3 is 2.60 bits per heavy atom. The molecule has 156 valence electrons. The zero-order valence-electron chi connectivity index (χ0n) is 16.6. The molecule has 30 heavy (non-hydrogen) atoms. The number of hydrogen-bond acceptors (Lipinski definition) is 6. The highest BCUT2D eigenvalue weighted by Gasteiger charge is 2.22. The van der Waals surface area contributed by atoms with E-state index in [1.165, 1.54) is 23.2 Å². The Morgan fingerprint density at radius 1 is 1.07 bits per heavy atom.